The number of anilines is 3. The summed E-state index contributed by atoms with van der Waals surface area (Å²) in [7, 11) is -2.76. The quantitative estimate of drug-likeness (QED) is 0.189. The molecule has 3 aromatic rings. The van der Waals surface area contributed by atoms with Gasteiger partial charge in [0.1, 0.15) is 0 Å². The van der Waals surface area contributed by atoms with Gasteiger partial charge in [-0.15, -0.1) is 0 Å². The number of carbonyl (C=O) groups is 1. The first-order valence-electron chi connectivity index (χ1n) is 13.6. The minimum Gasteiger partial charge on any atom is -0.465 e. The van der Waals surface area contributed by atoms with Crippen LogP contribution in [0, 0.1) is 0 Å². The number of esters is 1. The first-order valence-corrected chi connectivity index (χ1v) is 16.0. The van der Waals surface area contributed by atoms with E-state index in [-0.39, 0.29) is 12.2 Å². The molecule has 0 aromatic heterocycles. The first-order chi connectivity index (χ1) is 20.3. The van der Waals surface area contributed by atoms with Gasteiger partial charge in [-0.1, -0.05) is 66.9 Å². The van der Waals surface area contributed by atoms with Crippen molar-refractivity contribution in [3.8, 4) is 0 Å². The predicted octanol–water partition coefficient (Wildman–Crippen LogP) is 7.50. The molecule has 0 amide bonds. The third-order valence-electron chi connectivity index (χ3n) is 7.13. The number of fused-ring (bicyclic) bond motifs is 1. The molecule has 0 saturated heterocycles. The SMILES string of the molecule is C=CC1=C(N(c2ccccc2)c2ccccc2)/C(=C/C=C2/Sc3ccc(C(=O)OC)cc3N2CCCS(=O)(=O)O)CC1. The Bertz CT molecular complexity index is 1640. The molecular formula is C33H32N2O5S2. The minimum atomic E-state index is -4.10. The Balaban J connectivity index is 1.55. The van der Waals surface area contributed by atoms with Gasteiger partial charge in [0.25, 0.3) is 10.1 Å². The summed E-state index contributed by atoms with van der Waals surface area (Å²) in [5.74, 6) is -0.799. The summed E-state index contributed by atoms with van der Waals surface area (Å²) in [5, 5.41) is 0.896. The Hall–Kier alpha value is -4.05. The van der Waals surface area contributed by atoms with E-state index in [1.54, 1.807) is 23.9 Å². The van der Waals surface area contributed by atoms with E-state index < -0.39 is 16.1 Å². The zero-order valence-corrected chi connectivity index (χ0v) is 24.9. The summed E-state index contributed by atoms with van der Waals surface area (Å²) in [4.78, 5) is 17.4. The average Bonchev–Trinajstić information content (AvgIpc) is 3.56. The first kappa shape index (κ1) is 29.4. The summed E-state index contributed by atoms with van der Waals surface area (Å²) in [6.45, 7) is 4.46. The van der Waals surface area contributed by atoms with E-state index in [4.69, 9.17) is 4.74 Å². The molecule has 2 aliphatic rings. The highest BCUT2D eigenvalue weighted by atomic mass is 32.2. The molecule has 0 fully saturated rings. The number of benzene rings is 3. The molecule has 0 saturated carbocycles. The van der Waals surface area contributed by atoms with Crippen molar-refractivity contribution in [3.63, 3.8) is 0 Å². The van der Waals surface area contributed by atoms with Crippen LogP contribution in [0.15, 0.2) is 130 Å². The van der Waals surface area contributed by atoms with E-state index in [0.717, 1.165) is 56.7 Å². The van der Waals surface area contributed by atoms with Gasteiger partial charge in [-0.3, -0.25) is 4.55 Å². The van der Waals surface area contributed by atoms with Crippen LogP contribution in [0.1, 0.15) is 29.6 Å². The van der Waals surface area contributed by atoms with Crippen LogP contribution < -0.4 is 9.80 Å². The fourth-order valence-electron chi connectivity index (χ4n) is 5.20. The number of nitrogens with zero attached hydrogens (tertiary/aromatic N) is 2. The molecule has 1 aliphatic carbocycles. The lowest BCUT2D eigenvalue weighted by molar-refractivity contribution is 0.0600. The van der Waals surface area contributed by atoms with E-state index in [1.165, 1.54) is 7.11 Å². The number of methoxy groups -OCH3 is 1. The normalized spacial score (nSPS) is 16.7. The number of hydrogen-bond donors (Lipinski definition) is 1. The summed E-state index contributed by atoms with van der Waals surface area (Å²) >= 11 is 1.55. The Morgan fingerprint density at radius 1 is 1.02 bits per heavy atom. The van der Waals surface area contributed by atoms with Crippen LogP contribution in [0.5, 0.6) is 0 Å². The van der Waals surface area contributed by atoms with Crippen molar-refractivity contribution in [3.05, 3.63) is 131 Å². The van der Waals surface area contributed by atoms with Crippen molar-refractivity contribution in [2.75, 3.05) is 29.2 Å². The van der Waals surface area contributed by atoms with Crippen molar-refractivity contribution in [2.45, 2.75) is 24.2 Å². The molecule has 5 rings (SSSR count). The number of allylic oxidation sites excluding steroid dienone is 5. The lowest BCUT2D eigenvalue weighted by atomic mass is 10.1. The van der Waals surface area contributed by atoms with Gasteiger partial charge in [0.2, 0.25) is 0 Å². The molecular weight excluding hydrogens is 569 g/mol. The largest absolute Gasteiger partial charge is 0.465 e. The van der Waals surface area contributed by atoms with E-state index in [9.17, 15) is 17.8 Å². The summed E-state index contributed by atoms with van der Waals surface area (Å²) in [6, 6.07) is 25.8. The highest BCUT2D eigenvalue weighted by Crippen LogP contribution is 2.47. The maximum Gasteiger partial charge on any atom is 0.337 e. The number of thioether (sulfide) groups is 1. The molecule has 0 radical (unpaired) electrons. The topological polar surface area (TPSA) is 87.2 Å². The van der Waals surface area contributed by atoms with Gasteiger partial charge in [0.15, 0.2) is 0 Å². The Morgan fingerprint density at radius 2 is 1.69 bits per heavy atom. The number of rotatable bonds is 10. The van der Waals surface area contributed by atoms with Crippen molar-refractivity contribution in [1.29, 1.82) is 0 Å². The predicted molar refractivity (Wildman–Crippen MR) is 170 cm³/mol. The second kappa shape index (κ2) is 12.9. The molecule has 9 heteroatoms. The van der Waals surface area contributed by atoms with Crippen molar-refractivity contribution < 1.29 is 22.5 Å². The standard InChI is InChI=1S/C33H32N2O5S2/c1-3-24-15-16-25(32(24)35(27-11-6-4-7-12-27)28-13-8-5-9-14-28)18-20-31-34(21-10-22-42(37,38)39)29-23-26(33(36)40-2)17-19-30(29)41-31/h3-9,11-14,17-20,23H,1,10,15-16,21-22H2,2H3,(H,37,38,39)/b25-18+,31-20+. The van der Waals surface area contributed by atoms with E-state index in [0.29, 0.717) is 12.1 Å². The number of carbonyl (C=O) groups excluding carboxylic acids is 1. The molecule has 0 unspecified atom stereocenters. The number of para-hydroxylation sites is 2. The van der Waals surface area contributed by atoms with Gasteiger partial charge in [0, 0.05) is 22.8 Å². The van der Waals surface area contributed by atoms with Crippen LogP contribution in [0.2, 0.25) is 0 Å². The highest BCUT2D eigenvalue weighted by molar-refractivity contribution is 8.03. The van der Waals surface area contributed by atoms with Crippen molar-refractivity contribution in [1.82, 2.24) is 0 Å². The van der Waals surface area contributed by atoms with Gasteiger partial charge < -0.3 is 14.5 Å². The molecule has 7 nitrogen and oxygen atoms in total. The third kappa shape index (κ3) is 6.54. The lowest BCUT2D eigenvalue weighted by Crippen LogP contribution is -2.22. The molecule has 42 heavy (non-hydrogen) atoms. The molecule has 216 valence electrons. The molecule has 1 heterocycles. The molecule has 0 atom stereocenters. The van der Waals surface area contributed by atoms with Gasteiger partial charge in [-0.2, -0.15) is 8.42 Å². The monoisotopic (exact) mass is 600 g/mol. The van der Waals surface area contributed by atoms with Crippen LogP contribution in [0.3, 0.4) is 0 Å². The molecule has 0 bridgehead atoms. The van der Waals surface area contributed by atoms with Crippen LogP contribution >= 0.6 is 11.8 Å². The Morgan fingerprint density at radius 3 is 2.29 bits per heavy atom. The molecule has 1 N–H and O–H groups in total. The van der Waals surface area contributed by atoms with E-state index in [2.05, 4.69) is 41.8 Å². The minimum absolute atomic E-state index is 0.219. The molecule has 1 aliphatic heterocycles. The van der Waals surface area contributed by atoms with E-state index >= 15 is 0 Å². The molecule has 0 spiro atoms. The average molecular weight is 601 g/mol. The third-order valence-corrected chi connectivity index (χ3v) is 9.07. The van der Waals surface area contributed by atoms with Crippen LogP contribution in [-0.4, -0.2) is 38.3 Å². The number of ether oxygens (including phenoxy) is 1. The van der Waals surface area contributed by atoms with Crippen molar-refractivity contribution >= 4 is 44.9 Å². The van der Waals surface area contributed by atoms with Crippen molar-refractivity contribution in [2.24, 2.45) is 0 Å². The van der Waals surface area contributed by atoms with Crippen LogP contribution in [0.25, 0.3) is 0 Å². The lowest BCUT2D eigenvalue weighted by Gasteiger charge is -2.28. The maximum atomic E-state index is 12.2. The van der Waals surface area contributed by atoms with Gasteiger partial charge in [0.05, 0.1) is 34.8 Å². The van der Waals surface area contributed by atoms with Gasteiger partial charge in [-0.05, 0) is 78.9 Å². The van der Waals surface area contributed by atoms with E-state index in [1.807, 2.05) is 59.5 Å². The maximum absolute atomic E-state index is 12.2. The zero-order valence-electron chi connectivity index (χ0n) is 23.3. The summed E-state index contributed by atoms with van der Waals surface area (Å²) in [6.07, 6.45) is 8.01. The Kier molecular flexibility index (Phi) is 9.01. The second-order valence-corrected chi connectivity index (χ2v) is 12.5. The summed E-state index contributed by atoms with van der Waals surface area (Å²) < 4.78 is 37.1. The zero-order chi connectivity index (χ0) is 29.7. The fourth-order valence-corrected chi connectivity index (χ4v) is 6.76. The second-order valence-electron chi connectivity index (χ2n) is 9.85. The fraction of sp³-hybridized carbons (Fsp3) is 0.182. The summed E-state index contributed by atoms with van der Waals surface area (Å²) in [5.41, 5.74) is 6.69. The smallest absolute Gasteiger partial charge is 0.337 e. The molecule has 3 aromatic carbocycles. The Labute approximate surface area is 251 Å². The van der Waals surface area contributed by atoms with Crippen LogP contribution in [0.4, 0.5) is 17.1 Å². The number of hydrogen-bond acceptors (Lipinski definition) is 7. The highest BCUT2D eigenvalue weighted by Gasteiger charge is 2.28. The van der Waals surface area contributed by atoms with Gasteiger partial charge in [-0.25, -0.2) is 4.79 Å². The van der Waals surface area contributed by atoms with Crippen LogP contribution in [-0.2, 0) is 14.9 Å². The van der Waals surface area contributed by atoms with Gasteiger partial charge >= 0.3 is 5.97 Å².